The maximum atomic E-state index is 13.1. The lowest BCUT2D eigenvalue weighted by atomic mass is 10.2. The molecule has 0 unspecified atom stereocenters. The summed E-state index contributed by atoms with van der Waals surface area (Å²) in [6.07, 6.45) is -4.73. The van der Waals surface area contributed by atoms with Crippen molar-refractivity contribution < 1.29 is 31.1 Å². The molecule has 0 aliphatic carbocycles. The van der Waals surface area contributed by atoms with Gasteiger partial charge < -0.3 is 10.1 Å². The molecule has 6 nitrogen and oxygen atoms in total. The highest BCUT2D eigenvalue weighted by atomic mass is 32.2. The number of hydrogen-bond acceptors (Lipinski definition) is 4. The summed E-state index contributed by atoms with van der Waals surface area (Å²) in [6.45, 7) is 1.98. The fraction of sp³-hybridized carbons (Fsp3) is 0.235. The minimum Gasteiger partial charge on any atom is -0.496 e. The summed E-state index contributed by atoms with van der Waals surface area (Å²) in [5.41, 5.74) is -1.78. The number of sulfonamides is 1. The maximum absolute atomic E-state index is 13.1. The monoisotopic (exact) mass is 402 g/mol. The van der Waals surface area contributed by atoms with Gasteiger partial charge in [-0.15, -0.1) is 0 Å². The standard InChI is InChI=1S/C17H17F3N2O4S/c1-3-21-16(23)12-10-11(8-9-15(12)26-2)27(24,25)22-14-7-5-4-6-13(14)17(18,19)20/h4-10,22H,3H2,1-2H3,(H,21,23). The van der Waals surface area contributed by atoms with Crippen LogP contribution in [0.2, 0.25) is 0 Å². The predicted molar refractivity (Wildman–Crippen MR) is 93.3 cm³/mol. The number of anilines is 1. The van der Waals surface area contributed by atoms with Gasteiger partial charge in [0.2, 0.25) is 0 Å². The van der Waals surface area contributed by atoms with E-state index in [1.807, 2.05) is 4.72 Å². The minimum atomic E-state index is -4.73. The Kier molecular flexibility index (Phi) is 5.99. The summed E-state index contributed by atoms with van der Waals surface area (Å²) in [7, 11) is -3.07. The molecule has 10 heteroatoms. The lowest BCUT2D eigenvalue weighted by Gasteiger charge is -2.15. The van der Waals surface area contributed by atoms with Crippen LogP contribution < -0.4 is 14.8 Å². The number of benzene rings is 2. The number of carbonyl (C=O) groups excluding carboxylic acids is 1. The SMILES string of the molecule is CCNC(=O)c1cc(S(=O)(=O)Nc2ccccc2C(F)(F)F)ccc1OC. The number of amides is 1. The summed E-state index contributed by atoms with van der Waals surface area (Å²) < 4.78 is 71.3. The van der Waals surface area contributed by atoms with Crippen LogP contribution >= 0.6 is 0 Å². The Balaban J connectivity index is 2.47. The molecule has 0 aliphatic heterocycles. The van der Waals surface area contributed by atoms with E-state index in [2.05, 4.69) is 5.32 Å². The Morgan fingerprint density at radius 1 is 1.15 bits per heavy atom. The Labute approximate surface area is 154 Å². The van der Waals surface area contributed by atoms with Crippen LogP contribution in [-0.2, 0) is 16.2 Å². The molecule has 2 aromatic carbocycles. The van der Waals surface area contributed by atoms with Crippen molar-refractivity contribution in [2.24, 2.45) is 0 Å². The second kappa shape index (κ2) is 7.87. The van der Waals surface area contributed by atoms with Crippen molar-refractivity contribution in [2.45, 2.75) is 18.0 Å². The third kappa shape index (κ3) is 4.70. The van der Waals surface area contributed by atoms with Crippen LogP contribution in [0, 0.1) is 0 Å². The summed E-state index contributed by atoms with van der Waals surface area (Å²) >= 11 is 0. The quantitative estimate of drug-likeness (QED) is 0.777. The lowest BCUT2D eigenvalue weighted by Crippen LogP contribution is -2.24. The van der Waals surface area contributed by atoms with E-state index in [1.54, 1.807) is 6.92 Å². The van der Waals surface area contributed by atoms with E-state index in [-0.39, 0.29) is 16.2 Å². The average Bonchev–Trinajstić information content (AvgIpc) is 2.60. The van der Waals surface area contributed by atoms with Gasteiger partial charge in [0.15, 0.2) is 0 Å². The fourth-order valence-electron chi connectivity index (χ4n) is 2.31. The first-order valence-corrected chi connectivity index (χ1v) is 9.23. The number of carbonyl (C=O) groups is 1. The van der Waals surface area contributed by atoms with Crippen LogP contribution in [0.5, 0.6) is 5.75 Å². The fourth-order valence-corrected chi connectivity index (χ4v) is 3.42. The second-order valence-electron chi connectivity index (χ2n) is 5.37. The number of ether oxygens (including phenoxy) is 1. The van der Waals surface area contributed by atoms with Crippen LogP contribution in [0.3, 0.4) is 0 Å². The molecule has 2 aromatic rings. The molecule has 146 valence electrons. The van der Waals surface area contributed by atoms with Gasteiger partial charge in [-0.05, 0) is 37.3 Å². The Morgan fingerprint density at radius 3 is 2.41 bits per heavy atom. The van der Waals surface area contributed by atoms with Crippen LogP contribution in [0.15, 0.2) is 47.4 Å². The molecule has 27 heavy (non-hydrogen) atoms. The van der Waals surface area contributed by atoms with Gasteiger partial charge in [-0.25, -0.2) is 8.42 Å². The molecule has 0 heterocycles. The molecule has 0 radical (unpaired) electrons. The molecule has 0 atom stereocenters. The zero-order chi connectivity index (χ0) is 20.2. The first-order chi connectivity index (χ1) is 12.6. The summed E-state index contributed by atoms with van der Waals surface area (Å²) in [6, 6.07) is 7.65. The normalized spacial score (nSPS) is 11.7. The molecule has 0 fully saturated rings. The van der Waals surface area contributed by atoms with Crippen LogP contribution in [0.25, 0.3) is 0 Å². The largest absolute Gasteiger partial charge is 0.496 e. The predicted octanol–water partition coefficient (Wildman–Crippen LogP) is 3.26. The molecule has 1 amide bonds. The second-order valence-corrected chi connectivity index (χ2v) is 7.05. The van der Waals surface area contributed by atoms with Crippen molar-refractivity contribution in [1.82, 2.24) is 5.32 Å². The number of halogens is 3. The van der Waals surface area contributed by atoms with Crippen LogP contribution in [-0.4, -0.2) is 28.0 Å². The zero-order valence-electron chi connectivity index (χ0n) is 14.4. The van der Waals surface area contributed by atoms with Crippen molar-refractivity contribution in [3.8, 4) is 5.75 Å². The number of para-hydroxylation sites is 1. The molecule has 2 rings (SSSR count). The van der Waals surface area contributed by atoms with Gasteiger partial charge in [0.25, 0.3) is 15.9 Å². The Hall–Kier alpha value is -2.75. The molecule has 0 saturated carbocycles. The first-order valence-electron chi connectivity index (χ1n) is 7.75. The number of hydrogen-bond donors (Lipinski definition) is 2. The highest BCUT2D eigenvalue weighted by molar-refractivity contribution is 7.92. The molecule has 2 N–H and O–H groups in total. The third-order valence-corrected chi connectivity index (χ3v) is 4.90. The van der Waals surface area contributed by atoms with Gasteiger partial charge in [0, 0.05) is 6.54 Å². The number of nitrogens with one attached hydrogen (secondary N) is 2. The topological polar surface area (TPSA) is 84.5 Å². The summed E-state index contributed by atoms with van der Waals surface area (Å²) in [5.74, 6) is -0.433. The number of methoxy groups -OCH3 is 1. The van der Waals surface area contributed by atoms with Crippen LogP contribution in [0.1, 0.15) is 22.8 Å². The van der Waals surface area contributed by atoms with Gasteiger partial charge in [-0.3, -0.25) is 9.52 Å². The van der Waals surface area contributed by atoms with Gasteiger partial charge in [-0.2, -0.15) is 13.2 Å². The molecular formula is C17H17F3N2O4S. The van der Waals surface area contributed by atoms with E-state index < -0.39 is 33.4 Å². The minimum absolute atomic E-state index is 0.0497. The Bertz CT molecular complexity index is 943. The molecule has 0 aliphatic rings. The molecule has 0 spiro atoms. The van der Waals surface area contributed by atoms with E-state index >= 15 is 0 Å². The lowest BCUT2D eigenvalue weighted by molar-refractivity contribution is -0.136. The van der Waals surface area contributed by atoms with E-state index in [9.17, 15) is 26.4 Å². The molecule has 0 bridgehead atoms. The first kappa shape index (κ1) is 20.6. The van der Waals surface area contributed by atoms with E-state index in [0.717, 1.165) is 30.3 Å². The Morgan fingerprint density at radius 2 is 1.81 bits per heavy atom. The van der Waals surface area contributed by atoms with Gasteiger partial charge in [0.05, 0.1) is 28.8 Å². The highest BCUT2D eigenvalue weighted by Gasteiger charge is 2.34. The molecular weight excluding hydrogens is 385 g/mol. The van der Waals surface area contributed by atoms with Crippen molar-refractivity contribution in [3.63, 3.8) is 0 Å². The number of rotatable bonds is 6. The smallest absolute Gasteiger partial charge is 0.418 e. The zero-order valence-corrected chi connectivity index (χ0v) is 15.2. The average molecular weight is 402 g/mol. The van der Waals surface area contributed by atoms with Gasteiger partial charge >= 0.3 is 6.18 Å². The summed E-state index contributed by atoms with van der Waals surface area (Å²) in [4.78, 5) is 11.7. The van der Waals surface area contributed by atoms with E-state index in [1.165, 1.54) is 19.2 Å². The maximum Gasteiger partial charge on any atom is 0.418 e. The van der Waals surface area contributed by atoms with Crippen molar-refractivity contribution >= 4 is 21.6 Å². The molecule has 0 saturated heterocycles. The number of alkyl halides is 3. The van der Waals surface area contributed by atoms with Gasteiger partial charge in [-0.1, -0.05) is 12.1 Å². The third-order valence-electron chi connectivity index (χ3n) is 3.54. The van der Waals surface area contributed by atoms with Crippen molar-refractivity contribution in [1.29, 1.82) is 0 Å². The van der Waals surface area contributed by atoms with Crippen molar-refractivity contribution in [2.75, 3.05) is 18.4 Å². The highest BCUT2D eigenvalue weighted by Crippen LogP contribution is 2.35. The van der Waals surface area contributed by atoms with Crippen LogP contribution in [0.4, 0.5) is 18.9 Å². The van der Waals surface area contributed by atoms with Gasteiger partial charge in [0.1, 0.15) is 5.75 Å². The van der Waals surface area contributed by atoms with E-state index in [0.29, 0.717) is 6.54 Å². The van der Waals surface area contributed by atoms with Crippen molar-refractivity contribution in [3.05, 3.63) is 53.6 Å². The van der Waals surface area contributed by atoms with E-state index in [4.69, 9.17) is 4.74 Å². The summed E-state index contributed by atoms with van der Waals surface area (Å²) in [5, 5.41) is 2.51. The molecule has 0 aromatic heterocycles.